The van der Waals surface area contributed by atoms with Gasteiger partial charge in [0.25, 0.3) is 0 Å². The summed E-state index contributed by atoms with van der Waals surface area (Å²) < 4.78 is 0.811. The summed E-state index contributed by atoms with van der Waals surface area (Å²) in [4.78, 5) is 13.6. The molecule has 4 heteroatoms. The zero-order valence-electron chi connectivity index (χ0n) is 8.52. The smallest absolute Gasteiger partial charge is 0.193 e. The van der Waals surface area contributed by atoms with E-state index in [0.29, 0.717) is 5.39 Å². The number of hydrogen-bond donors (Lipinski definition) is 1. The number of benzene rings is 1. The summed E-state index contributed by atoms with van der Waals surface area (Å²) in [5.41, 5.74) is -0.134. The van der Waals surface area contributed by atoms with E-state index in [1.54, 1.807) is 12.1 Å². The fourth-order valence-electron chi connectivity index (χ4n) is 1.40. The minimum absolute atomic E-state index is 0.0547. The summed E-state index contributed by atoms with van der Waals surface area (Å²) >= 11 is 1.49. The summed E-state index contributed by atoms with van der Waals surface area (Å²) in [6.07, 6.45) is 0. The van der Waals surface area contributed by atoms with Crippen LogP contribution in [0.4, 0.5) is 5.00 Å². The molecule has 0 radical (unpaired) electrons. The van der Waals surface area contributed by atoms with Crippen LogP contribution in [0.2, 0.25) is 0 Å². The van der Waals surface area contributed by atoms with Gasteiger partial charge in [0.2, 0.25) is 0 Å². The van der Waals surface area contributed by atoms with Crippen molar-refractivity contribution in [1.29, 1.82) is 0 Å². The van der Waals surface area contributed by atoms with Gasteiger partial charge in [0, 0.05) is 24.9 Å². The topological polar surface area (TPSA) is 40.5 Å². The van der Waals surface area contributed by atoms with Crippen LogP contribution < -0.4 is 10.3 Å². The SMILES string of the molecule is CN(C)c1cc(=O)c2c(O)cccc2s1. The first-order valence-electron chi connectivity index (χ1n) is 4.53. The average Bonchev–Trinajstić information content (AvgIpc) is 2.17. The summed E-state index contributed by atoms with van der Waals surface area (Å²) in [6.45, 7) is 0. The number of hydrogen-bond acceptors (Lipinski definition) is 4. The number of phenols is 1. The standard InChI is InChI=1S/C11H11NO2S/c1-12(2)10-6-8(14)11-7(13)4-3-5-9(11)15-10/h3-6,13H,1-2H3. The van der Waals surface area contributed by atoms with E-state index in [4.69, 9.17) is 0 Å². The maximum Gasteiger partial charge on any atom is 0.193 e. The maximum absolute atomic E-state index is 11.7. The molecule has 0 saturated carbocycles. The first-order valence-corrected chi connectivity index (χ1v) is 5.34. The van der Waals surface area contributed by atoms with Crippen LogP contribution in [0, 0.1) is 0 Å². The van der Waals surface area contributed by atoms with Gasteiger partial charge in [0.1, 0.15) is 5.75 Å². The van der Waals surface area contributed by atoms with Gasteiger partial charge in [0.15, 0.2) is 5.43 Å². The van der Waals surface area contributed by atoms with Crippen LogP contribution in [0.15, 0.2) is 29.1 Å². The van der Waals surface area contributed by atoms with Crippen molar-refractivity contribution < 1.29 is 5.11 Å². The molecule has 0 aliphatic carbocycles. The zero-order chi connectivity index (χ0) is 11.0. The van der Waals surface area contributed by atoms with E-state index in [1.165, 1.54) is 17.4 Å². The lowest BCUT2D eigenvalue weighted by molar-refractivity contribution is 0.481. The fraction of sp³-hybridized carbons (Fsp3) is 0.182. The van der Waals surface area contributed by atoms with E-state index in [1.807, 2.05) is 25.1 Å². The highest BCUT2D eigenvalue weighted by molar-refractivity contribution is 7.22. The van der Waals surface area contributed by atoms with Crippen molar-refractivity contribution in [3.05, 3.63) is 34.5 Å². The van der Waals surface area contributed by atoms with Gasteiger partial charge in [-0.15, -0.1) is 11.3 Å². The molecule has 1 aromatic heterocycles. The van der Waals surface area contributed by atoms with Crippen molar-refractivity contribution in [1.82, 2.24) is 0 Å². The highest BCUT2D eigenvalue weighted by atomic mass is 32.1. The van der Waals surface area contributed by atoms with Gasteiger partial charge in [-0.05, 0) is 12.1 Å². The van der Waals surface area contributed by atoms with Gasteiger partial charge in [0.05, 0.1) is 10.4 Å². The average molecular weight is 221 g/mol. The largest absolute Gasteiger partial charge is 0.507 e. The van der Waals surface area contributed by atoms with E-state index >= 15 is 0 Å². The molecule has 0 aliphatic rings. The van der Waals surface area contributed by atoms with E-state index in [9.17, 15) is 9.90 Å². The number of phenolic OH excluding ortho intramolecular Hbond substituents is 1. The van der Waals surface area contributed by atoms with Crippen LogP contribution >= 0.6 is 11.3 Å². The third kappa shape index (κ3) is 1.68. The minimum atomic E-state index is -0.134. The molecule has 0 bridgehead atoms. The lowest BCUT2D eigenvalue weighted by Crippen LogP contribution is -2.10. The predicted octanol–water partition coefficient (Wildman–Crippen LogP) is 2.03. The maximum atomic E-state index is 11.7. The molecule has 0 saturated heterocycles. The molecule has 1 heterocycles. The normalized spacial score (nSPS) is 10.5. The van der Waals surface area contributed by atoms with Gasteiger partial charge in [-0.25, -0.2) is 0 Å². The molecule has 0 spiro atoms. The molecule has 0 unspecified atom stereocenters. The van der Waals surface area contributed by atoms with Gasteiger partial charge in [-0.1, -0.05) is 6.07 Å². The van der Waals surface area contributed by atoms with Crippen LogP contribution in [0.25, 0.3) is 10.1 Å². The Morgan fingerprint density at radius 1 is 1.33 bits per heavy atom. The Kier molecular flexibility index (Phi) is 2.36. The zero-order valence-corrected chi connectivity index (χ0v) is 9.34. The number of aromatic hydroxyl groups is 1. The van der Waals surface area contributed by atoms with Crippen molar-refractivity contribution in [2.24, 2.45) is 0 Å². The van der Waals surface area contributed by atoms with Crippen LogP contribution in [-0.2, 0) is 0 Å². The third-order valence-electron chi connectivity index (χ3n) is 2.16. The summed E-state index contributed by atoms with van der Waals surface area (Å²) in [6, 6.07) is 6.67. The molecule has 1 aromatic carbocycles. The van der Waals surface area contributed by atoms with E-state index < -0.39 is 0 Å². The monoisotopic (exact) mass is 221 g/mol. The summed E-state index contributed by atoms with van der Waals surface area (Å²) in [5, 5.41) is 10.9. The lowest BCUT2D eigenvalue weighted by atomic mass is 10.2. The van der Waals surface area contributed by atoms with Crippen LogP contribution in [0.3, 0.4) is 0 Å². The molecule has 15 heavy (non-hydrogen) atoms. The van der Waals surface area contributed by atoms with Crippen molar-refractivity contribution in [2.45, 2.75) is 0 Å². The Morgan fingerprint density at radius 2 is 2.07 bits per heavy atom. The highest BCUT2D eigenvalue weighted by Crippen LogP contribution is 2.29. The Bertz CT molecular complexity index is 560. The molecule has 0 aliphatic heterocycles. The van der Waals surface area contributed by atoms with Crippen molar-refractivity contribution in [3.63, 3.8) is 0 Å². The number of anilines is 1. The van der Waals surface area contributed by atoms with Gasteiger partial charge < -0.3 is 10.0 Å². The second kappa shape index (κ2) is 3.55. The molecule has 2 aromatic rings. The first kappa shape index (κ1) is 9.98. The third-order valence-corrected chi connectivity index (χ3v) is 3.41. The summed E-state index contributed by atoms with van der Waals surface area (Å²) in [5.74, 6) is 0.0547. The molecular weight excluding hydrogens is 210 g/mol. The number of rotatable bonds is 1. The molecule has 0 atom stereocenters. The molecule has 2 rings (SSSR count). The first-order chi connectivity index (χ1) is 7.09. The number of nitrogens with zero attached hydrogens (tertiary/aromatic N) is 1. The molecule has 3 nitrogen and oxygen atoms in total. The Morgan fingerprint density at radius 3 is 2.73 bits per heavy atom. The Balaban J connectivity index is 2.85. The van der Waals surface area contributed by atoms with Crippen LogP contribution in [0.5, 0.6) is 5.75 Å². The second-order valence-corrected chi connectivity index (χ2v) is 4.56. The van der Waals surface area contributed by atoms with E-state index in [0.717, 1.165) is 9.70 Å². The van der Waals surface area contributed by atoms with Crippen molar-refractivity contribution >= 4 is 26.4 Å². The van der Waals surface area contributed by atoms with Crippen molar-refractivity contribution in [3.8, 4) is 5.75 Å². The summed E-state index contributed by atoms with van der Waals surface area (Å²) in [7, 11) is 3.78. The number of fused-ring (bicyclic) bond motifs is 1. The predicted molar refractivity (Wildman–Crippen MR) is 64.1 cm³/mol. The lowest BCUT2D eigenvalue weighted by Gasteiger charge is -2.11. The molecule has 0 fully saturated rings. The van der Waals surface area contributed by atoms with Gasteiger partial charge in [-0.3, -0.25) is 4.79 Å². The van der Waals surface area contributed by atoms with E-state index in [2.05, 4.69) is 0 Å². The van der Waals surface area contributed by atoms with E-state index in [-0.39, 0.29) is 11.2 Å². The van der Waals surface area contributed by atoms with Crippen LogP contribution in [-0.4, -0.2) is 19.2 Å². The van der Waals surface area contributed by atoms with Crippen molar-refractivity contribution in [2.75, 3.05) is 19.0 Å². The molecule has 0 amide bonds. The molecule has 78 valence electrons. The molecule has 1 N–H and O–H groups in total. The Hall–Kier alpha value is -1.55. The highest BCUT2D eigenvalue weighted by Gasteiger charge is 2.07. The van der Waals surface area contributed by atoms with Crippen LogP contribution in [0.1, 0.15) is 0 Å². The fourth-order valence-corrected chi connectivity index (χ4v) is 2.43. The van der Waals surface area contributed by atoms with Gasteiger partial charge in [-0.2, -0.15) is 0 Å². The Labute approximate surface area is 91.2 Å². The second-order valence-electron chi connectivity index (χ2n) is 3.49. The quantitative estimate of drug-likeness (QED) is 0.801. The minimum Gasteiger partial charge on any atom is -0.507 e. The van der Waals surface area contributed by atoms with Gasteiger partial charge >= 0.3 is 0 Å². The molecular formula is C11H11NO2S.